The molecule has 1 radical (unpaired) electrons. The van der Waals surface area contributed by atoms with E-state index in [2.05, 4.69) is 151 Å². The number of fused-ring (bicyclic) bond motifs is 2. The van der Waals surface area contributed by atoms with Crippen LogP contribution in [-0.4, -0.2) is 14.5 Å². The first-order valence-electron chi connectivity index (χ1n) is 17.1. The van der Waals surface area contributed by atoms with Gasteiger partial charge in [-0.3, -0.25) is 16.3 Å². The second-order valence-corrected chi connectivity index (χ2v) is 13.6. The van der Waals surface area contributed by atoms with Gasteiger partial charge in [0.05, 0.1) is 16.9 Å². The van der Waals surface area contributed by atoms with Crippen LogP contribution in [0.3, 0.4) is 0 Å². The van der Waals surface area contributed by atoms with Crippen LogP contribution in [0.4, 0.5) is 0 Å². The molecule has 0 aliphatic rings. The summed E-state index contributed by atoms with van der Waals surface area (Å²) in [6.07, 6.45) is 1.79. The van der Waals surface area contributed by atoms with Crippen molar-refractivity contribution in [3.8, 4) is 50.6 Å². The Balaban J connectivity index is 0.000000275. The minimum absolute atomic E-state index is 0. The molecule has 0 amide bonds. The first-order valence-corrected chi connectivity index (χ1v) is 17.9. The molecule has 0 bridgehead atoms. The maximum absolute atomic E-state index is 5.15. The van der Waals surface area contributed by atoms with Gasteiger partial charge in [0.15, 0.2) is 0 Å². The largest absolute Gasteiger partial charge is 0.333 e. The van der Waals surface area contributed by atoms with Gasteiger partial charge >= 0.3 is 0 Å². The van der Waals surface area contributed by atoms with E-state index in [1.165, 1.54) is 49.0 Å². The summed E-state index contributed by atoms with van der Waals surface area (Å²) in [5.74, 6) is 0.921. The minimum atomic E-state index is 0. The zero-order valence-corrected chi connectivity index (χ0v) is 32.3. The average molecular weight is 866 g/mol. The van der Waals surface area contributed by atoms with Crippen molar-refractivity contribution < 1.29 is 20.1 Å². The Labute approximate surface area is 322 Å². The molecule has 9 rings (SSSR count). The average Bonchev–Trinajstić information content (AvgIpc) is 3.77. The molecule has 0 atom stereocenters. The van der Waals surface area contributed by atoms with Crippen LogP contribution in [0.2, 0.25) is 0 Å². The molecule has 0 N–H and O–H groups in total. The molecule has 0 aliphatic heterocycles. The number of hydrogen-bond acceptors (Lipinski definition) is 3. The maximum Gasteiger partial charge on any atom is 0.0774 e. The summed E-state index contributed by atoms with van der Waals surface area (Å²) in [5.41, 5.74) is 15.1. The van der Waals surface area contributed by atoms with Crippen LogP contribution in [0.15, 0.2) is 158 Å². The second kappa shape index (κ2) is 15.4. The third kappa shape index (κ3) is 7.04. The van der Waals surface area contributed by atoms with E-state index in [1.54, 1.807) is 17.5 Å². The summed E-state index contributed by atoms with van der Waals surface area (Å²) >= 11 is 1.66. The van der Waals surface area contributed by atoms with Crippen molar-refractivity contribution in [2.75, 3.05) is 0 Å². The molecule has 52 heavy (non-hydrogen) atoms. The van der Waals surface area contributed by atoms with Gasteiger partial charge in [0, 0.05) is 32.0 Å². The Kier molecular flexibility index (Phi) is 10.4. The first-order chi connectivity index (χ1) is 25.0. The Morgan fingerprint density at radius 3 is 2.06 bits per heavy atom. The van der Waals surface area contributed by atoms with Crippen LogP contribution in [0.1, 0.15) is 16.7 Å². The number of para-hydroxylation sites is 2. The van der Waals surface area contributed by atoms with Gasteiger partial charge in [-0.15, -0.1) is 41.3 Å². The topological polar surface area (TPSA) is 30.7 Å². The molecular weight excluding hydrogens is 831 g/mol. The minimum Gasteiger partial charge on any atom is -0.333 e. The number of rotatable bonds is 5. The standard InChI is InChI=1S/C36H27N2S.C11H8N.Ir/c1-23-19-24(2)35(25(3)20-23)28-15-18-34-30(21-28)31(22-39-34)36-37-32-11-7-8-12-33(32)38(36)29-16-13-27(14-17-29)26-9-5-4-6-10-26;1-2-6-10(7-3-1)11-8-4-5-9-12-11;/h4-21H,1-3H3;1-6,8-9H;/q2*-1;. The summed E-state index contributed by atoms with van der Waals surface area (Å²) in [7, 11) is 0. The van der Waals surface area contributed by atoms with E-state index in [-0.39, 0.29) is 20.1 Å². The fraction of sp³-hybridized carbons (Fsp3) is 0.0638. The van der Waals surface area contributed by atoms with Crippen molar-refractivity contribution in [3.05, 3.63) is 186 Å². The summed E-state index contributed by atoms with van der Waals surface area (Å²) in [6.45, 7) is 6.58. The molecule has 0 unspecified atom stereocenters. The molecule has 0 saturated carbocycles. The van der Waals surface area contributed by atoms with Crippen LogP contribution in [-0.2, 0) is 20.1 Å². The van der Waals surface area contributed by atoms with Crippen LogP contribution < -0.4 is 0 Å². The molecule has 9 aromatic rings. The molecule has 3 heterocycles. The number of hydrogen-bond donors (Lipinski definition) is 0. The van der Waals surface area contributed by atoms with Crippen molar-refractivity contribution in [1.82, 2.24) is 14.5 Å². The summed E-state index contributed by atoms with van der Waals surface area (Å²) in [4.78, 5) is 9.37. The molecule has 0 aliphatic carbocycles. The van der Waals surface area contributed by atoms with Crippen molar-refractivity contribution in [3.63, 3.8) is 0 Å². The van der Waals surface area contributed by atoms with Crippen LogP contribution in [0.25, 0.3) is 71.7 Å². The van der Waals surface area contributed by atoms with Gasteiger partial charge in [0.25, 0.3) is 0 Å². The number of aryl methyl sites for hydroxylation is 3. The van der Waals surface area contributed by atoms with Crippen molar-refractivity contribution in [2.24, 2.45) is 0 Å². The van der Waals surface area contributed by atoms with E-state index in [4.69, 9.17) is 4.98 Å². The molecule has 0 spiro atoms. The fourth-order valence-electron chi connectivity index (χ4n) is 6.90. The predicted octanol–water partition coefficient (Wildman–Crippen LogP) is 12.5. The van der Waals surface area contributed by atoms with Gasteiger partial charge in [-0.2, -0.15) is 0 Å². The normalized spacial score (nSPS) is 10.8. The van der Waals surface area contributed by atoms with E-state index < -0.39 is 0 Å². The van der Waals surface area contributed by atoms with Gasteiger partial charge in [0.1, 0.15) is 0 Å². The van der Waals surface area contributed by atoms with Gasteiger partial charge in [-0.05, 0) is 90.2 Å². The van der Waals surface area contributed by atoms with Gasteiger partial charge in [-0.25, -0.2) is 0 Å². The Morgan fingerprint density at radius 1 is 0.635 bits per heavy atom. The van der Waals surface area contributed by atoms with Crippen LogP contribution in [0, 0.1) is 32.2 Å². The monoisotopic (exact) mass is 866 g/mol. The molecule has 6 aromatic carbocycles. The smallest absolute Gasteiger partial charge is 0.0774 e. The SMILES string of the molecule is Cc1cc(C)c(-c2ccc3s[c-]c(-c4nc5ccccc5n4-c4ccc(-c5ccccc5)cc4)c3c2)c(C)c1.[Ir].[c-]1ccccc1-c1ccccn1. The van der Waals surface area contributed by atoms with E-state index in [1.807, 2.05) is 42.5 Å². The number of imidazole rings is 1. The molecule has 3 aromatic heterocycles. The molecule has 0 saturated heterocycles. The van der Waals surface area contributed by atoms with Crippen LogP contribution in [0.5, 0.6) is 0 Å². The Hall–Kier alpha value is -5.45. The van der Waals surface area contributed by atoms with Gasteiger partial charge in [0.2, 0.25) is 0 Å². The zero-order valence-electron chi connectivity index (χ0n) is 29.1. The molecule has 5 heteroatoms. The second-order valence-electron chi connectivity index (χ2n) is 12.7. The predicted molar refractivity (Wildman–Crippen MR) is 214 cm³/mol. The number of aromatic nitrogens is 3. The Morgan fingerprint density at radius 2 is 1.33 bits per heavy atom. The van der Waals surface area contributed by atoms with Crippen molar-refractivity contribution in [1.29, 1.82) is 0 Å². The third-order valence-corrected chi connectivity index (χ3v) is 10.0. The van der Waals surface area contributed by atoms with Crippen molar-refractivity contribution >= 4 is 32.5 Å². The number of benzene rings is 6. The van der Waals surface area contributed by atoms with Gasteiger partial charge < -0.3 is 9.55 Å². The summed E-state index contributed by atoms with van der Waals surface area (Å²) in [5, 5.41) is 4.80. The van der Waals surface area contributed by atoms with E-state index >= 15 is 0 Å². The summed E-state index contributed by atoms with van der Waals surface area (Å²) < 4.78 is 3.49. The first kappa shape index (κ1) is 35.0. The third-order valence-electron chi connectivity index (χ3n) is 9.14. The number of thiophene rings is 1. The summed E-state index contributed by atoms with van der Waals surface area (Å²) in [6, 6.07) is 55.8. The fourth-order valence-corrected chi connectivity index (χ4v) is 7.72. The molecule has 3 nitrogen and oxygen atoms in total. The quantitative estimate of drug-likeness (QED) is 0.161. The van der Waals surface area contributed by atoms with E-state index in [0.29, 0.717) is 0 Å². The van der Waals surface area contributed by atoms with Gasteiger partial charge in [-0.1, -0.05) is 118 Å². The number of nitrogens with zero attached hydrogens (tertiary/aromatic N) is 3. The van der Waals surface area contributed by atoms with E-state index in [9.17, 15) is 0 Å². The van der Waals surface area contributed by atoms with Crippen LogP contribution >= 0.6 is 11.3 Å². The molecular formula is C47H35IrN3S-2. The Bertz CT molecular complexity index is 2530. The molecule has 255 valence electrons. The van der Waals surface area contributed by atoms with Crippen molar-refractivity contribution in [2.45, 2.75) is 20.8 Å². The number of pyridine rings is 1. The maximum atomic E-state index is 5.15. The molecule has 0 fully saturated rings. The van der Waals surface area contributed by atoms with E-state index in [0.717, 1.165) is 39.4 Å². The zero-order chi connectivity index (χ0) is 34.7.